The topological polar surface area (TPSA) is 30.5 Å². The van der Waals surface area contributed by atoms with Crippen LogP contribution in [0.2, 0.25) is 0 Å². The smallest absolute Gasteiger partial charge is 0.420 e. The number of rotatable bonds is 1. The maximum atomic E-state index is 13.1. The molecule has 20 heavy (non-hydrogen) atoms. The molecule has 0 aromatic heterocycles. The van der Waals surface area contributed by atoms with Gasteiger partial charge in [0.15, 0.2) is 11.5 Å². The number of ether oxygens (including phenoxy) is 2. The summed E-state index contributed by atoms with van der Waals surface area (Å²) in [6, 6.07) is 2.66. The van der Waals surface area contributed by atoms with Gasteiger partial charge in [-0.05, 0) is 25.5 Å². The molecule has 0 spiro atoms. The highest BCUT2D eigenvalue weighted by Crippen LogP contribution is 2.46. The average molecular weight is 287 g/mol. The summed E-state index contributed by atoms with van der Waals surface area (Å²) < 4.78 is 50.1. The molecule has 1 N–H and O–H groups in total. The van der Waals surface area contributed by atoms with Crippen molar-refractivity contribution >= 4 is 0 Å². The van der Waals surface area contributed by atoms with E-state index in [1.807, 2.05) is 0 Å². The molecule has 0 aliphatic carbocycles. The van der Waals surface area contributed by atoms with Gasteiger partial charge in [0.1, 0.15) is 5.56 Å². The zero-order chi connectivity index (χ0) is 14.2. The van der Waals surface area contributed by atoms with E-state index in [9.17, 15) is 13.2 Å². The Balaban J connectivity index is 2.09. The molecule has 0 radical (unpaired) electrons. The zero-order valence-corrected chi connectivity index (χ0v) is 10.9. The Morgan fingerprint density at radius 1 is 1.05 bits per heavy atom. The summed E-state index contributed by atoms with van der Waals surface area (Å²) in [5, 5.41) is 3.28. The van der Waals surface area contributed by atoms with E-state index in [2.05, 4.69) is 5.32 Å². The average Bonchev–Trinajstić information content (AvgIpc) is 2.80. The Bertz CT molecular complexity index is 496. The van der Waals surface area contributed by atoms with E-state index < -0.39 is 11.7 Å². The highest BCUT2D eigenvalue weighted by Gasteiger charge is 2.38. The van der Waals surface area contributed by atoms with Crippen molar-refractivity contribution in [3.63, 3.8) is 0 Å². The zero-order valence-electron chi connectivity index (χ0n) is 10.9. The summed E-state index contributed by atoms with van der Waals surface area (Å²) in [4.78, 5) is 0. The highest BCUT2D eigenvalue weighted by atomic mass is 19.4. The fourth-order valence-electron chi connectivity index (χ4n) is 2.73. The summed E-state index contributed by atoms with van der Waals surface area (Å²) in [6.45, 7) is 1.51. The van der Waals surface area contributed by atoms with Gasteiger partial charge in [-0.15, -0.1) is 0 Å². The predicted molar refractivity (Wildman–Crippen MR) is 67.0 cm³/mol. The summed E-state index contributed by atoms with van der Waals surface area (Å²) >= 11 is 0. The molecule has 1 aromatic carbocycles. The van der Waals surface area contributed by atoms with Crippen LogP contribution in [0.5, 0.6) is 11.5 Å². The minimum absolute atomic E-state index is 0.0488. The Morgan fingerprint density at radius 3 is 2.45 bits per heavy atom. The van der Waals surface area contributed by atoms with E-state index in [1.54, 1.807) is 0 Å². The molecule has 0 saturated carbocycles. The van der Waals surface area contributed by atoms with Gasteiger partial charge in [0.2, 0.25) is 0 Å². The van der Waals surface area contributed by atoms with Gasteiger partial charge < -0.3 is 14.8 Å². The van der Waals surface area contributed by atoms with Crippen molar-refractivity contribution < 1.29 is 22.6 Å². The van der Waals surface area contributed by atoms with Gasteiger partial charge in [-0.2, -0.15) is 13.2 Å². The molecule has 110 valence electrons. The summed E-state index contributed by atoms with van der Waals surface area (Å²) in [7, 11) is 0. The molecule has 1 atom stereocenters. The van der Waals surface area contributed by atoms with E-state index in [-0.39, 0.29) is 24.1 Å². The van der Waals surface area contributed by atoms with Gasteiger partial charge in [-0.25, -0.2) is 0 Å². The van der Waals surface area contributed by atoms with Crippen molar-refractivity contribution in [2.45, 2.75) is 31.5 Å². The molecule has 1 unspecified atom stereocenters. The molecule has 1 saturated heterocycles. The quantitative estimate of drug-likeness (QED) is 0.859. The lowest BCUT2D eigenvalue weighted by Crippen LogP contribution is -2.16. The van der Waals surface area contributed by atoms with Gasteiger partial charge >= 0.3 is 6.18 Å². The number of fused-ring (bicyclic) bond motifs is 1. The van der Waals surface area contributed by atoms with Crippen LogP contribution in [0.15, 0.2) is 12.1 Å². The highest BCUT2D eigenvalue weighted by molar-refractivity contribution is 5.54. The van der Waals surface area contributed by atoms with Gasteiger partial charge in [-0.3, -0.25) is 0 Å². The van der Waals surface area contributed by atoms with Crippen LogP contribution in [0, 0.1) is 0 Å². The first-order valence-corrected chi connectivity index (χ1v) is 6.80. The van der Waals surface area contributed by atoms with Crippen molar-refractivity contribution in [3.05, 3.63) is 23.3 Å². The lowest BCUT2D eigenvalue weighted by molar-refractivity contribution is -0.139. The molecule has 2 heterocycles. The molecule has 3 nitrogen and oxygen atoms in total. The van der Waals surface area contributed by atoms with E-state index in [0.717, 1.165) is 31.0 Å². The van der Waals surface area contributed by atoms with E-state index >= 15 is 0 Å². The van der Waals surface area contributed by atoms with Crippen molar-refractivity contribution in [2.24, 2.45) is 0 Å². The van der Waals surface area contributed by atoms with Crippen molar-refractivity contribution in [2.75, 3.05) is 19.8 Å². The fraction of sp³-hybridized carbons (Fsp3) is 0.571. The standard InChI is InChI=1S/C14H16F3NO2/c15-14(16,17)10-5-4-9(11-3-1-6-18-11)12-13(10)20-8-2-7-19-12/h4-5,11,18H,1-3,6-8H2. The molecule has 0 bridgehead atoms. The third-order valence-corrected chi connectivity index (χ3v) is 3.67. The number of benzene rings is 1. The number of nitrogens with one attached hydrogen (secondary N) is 1. The Labute approximate surface area is 115 Å². The van der Waals surface area contributed by atoms with Crippen molar-refractivity contribution in [1.82, 2.24) is 5.32 Å². The minimum Gasteiger partial charge on any atom is -0.489 e. The number of alkyl halides is 3. The van der Waals surface area contributed by atoms with Crippen molar-refractivity contribution in [1.29, 1.82) is 0 Å². The molecule has 0 amide bonds. The number of hydrogen-bond acceptors (Lipinski definition) is 3. The molecule has 1 aromatic rings. The van der Waals surface area contributed by atoms with E-state index in [1.165, 1.54) is 6.07 Å². The molecular formula is C14H16F3NO2. The predicted octanol–water partition coefficient (Wildman–Crippen LogP) is 3.29. The molecule has 1 fully saturated rings. The van der Waals surface area contributed by atoms with Gasteiger partial charge in [-0.1, -0.05) is 6.07 Å². The molecule has 3 rings (SSSR count). The number of halogens is 3. The summed E-state index contributed by atoms with van der Waals surface area (Å²) in [6.07, 6.45) is -1.93. The van der Waals surface area contributed by atoms with Gasteiger partial charge in [0, 0.05) is 18.0 Å². The maximum Gasteiger partial charge on any atom is 0.420 e. The SMILES string of the molecule is FC(F)(F)c1ccc(C2CCCN2)c2c1OCCCO2. The normalized spacial score (nSPS) is 22.6. The molecular weight excluding hydrogens is 271 g/mol. The minimum atomic E-state index is -4.43. The second-order valence-electron chi connectivity index (χ2n) is 5.06. The third kappa shape index (κ3) is 2.44. The lowest BCUT2D eigenvalue weighted by atomic mass is 10.0. The molecule has 6 heteroatoms. The van der Waals surface area contributed by atoms with Crippen LogP contribution in [-0.2, 0) is 6.18 Å². The van der Waals surface area contributed by atoms with Crippen LogP contribution in [0.3, 0.4) is 0 Å². The van der Waals surface area contributed by atoms with Crippen LogP contribution in [0.25, 0.3) is 0 Å². The second-order valence-corrected chi connectivity index (χ2v) is 5.06. The largest absolute Gasteiger partial charge is 0.489 e. The summed E-state index contributed by atoms with van der Waals surface area (Å²) in [5.41, 5.74) is 0.0172. The van der Waals surface area contributed by atoms with Crippen molar-refractivity contribution in [3.8, 4) is 11.5 Å². The second kappa shape index (κ2) is 5.16. The van der Waals surface area contributed by atoms with Gasteiger partial charge in [0.05, 0.1) is 13.2 Å². The maximum absolute atomic E-state index is 13.1. The van der Waals surface area contributed by atoms with Crippen LogP contribution in [0.1, 0.15) is 36.4 Å². The van der Waals surface area contributed by atoms with Crippen LogP contribution in [-0.4, -0.2) is 19.8 Å². The Morgan fingerprint density at radius 2 is 1.80 bits per heavy atom. The Kier molecular flexibility index (Phi) is 3.50. The monoisotopic (exact) mass is 287 g/mol. The van der Waals surface area contributed by atoms with Crippen LogP contribution in [0.4, 0.5) is 13.2 Å². The summed E-state index contributed by atoms with van der Waals surface area (Å²) in [5.74, 6) is 0.109. The van der Waals surface area contributed by atoms with E-state index in [0.29, 0.717) is 13.0 Å². The number of hydrogen-bond donors (Lipinski definition) is 1. The first-order chi connectivity index (χ1) is 9.57. The van der Waals surface area contributed by atoms with Gasteiger partial charge in [0.25, 0.3) is 0 Å². The molecule has 2 aliphatic rings. The van der Waals surface area contributed by atoms with Crippen LogP contribution >= 0.6 is 0 Å². The van der Waals surface area contributed by atoms with Crippen LogP contribution < -0.4 is 14.8 Å². The fourth-order valence-corrected chi connectivity index (χ4v) is 2.73. The van der Waals surface area contributed by atoms with E-state index in [4.69, 9.17) is 9.47 Å². The Hall–Kier alpha value is -1.43. The first kappa shape index (κ1) is 13.5. The third-order valence-electron chi connectivity index (χ3n) is 3.67. The molecule has 2 aliphatic heterocycles. The lowest BCUT2D eigenvalue weighted by Gasteiger charge is -2.20. The first-order valence-electron chi connectivity index (χ1n) is 6.80.